The van der Waals surface area contributed by atoms with Crippen molar-refractivity contribution in [3.05, 3.63) is 17.6 Å². The average molecular weight is 249 g/mol. The second kappa shape index (κ2) is 6.14. The van der Waals surface area contributed by atoms with E-state index in [0.29, 0.717) is 5.92 Å². The Labute approximate surface area is 109 Å². The van der Waals surface area contributed by atoms with Gasteiger partial charge in [0, 0.05) is 18.3 Å². The van der Waals surface area contributed by atoms with Gasteiger partial charge in [0.25, 0.3) is 0 Å². The van der Waals surface area contributed by atoms with Crippen molar-refractivity contribution in [2.24, 2.45) is 5.92 Å². The molecule has 100 valence electrons. The first-order chi connectivity index (χ1) is 8.67. The molecule has 0 aliphatic heterocycles. The van der Waals surface area contributed by atoms with E-state index < -0.39 is 0 Å². The molecule has 0 atom stereocenters. The van der Waals surface area contributed by atoms with E-state index in [0.717, 1.165) is 56.0 Å². The summed E-state index contributed by atoms with van der Waals surface area (Å²) in [4.78, 5) is 8.78. The Hall–Kier alpha value is -1.16. The zero-order chi connectivity index (χ0) is 13.0. The van der Waals surface area contributed by atoms with Gasteiger partial charge in [-0.1, -0.05) is 6.92 Å². The molecule has 0 aromatic carbocycles. The maximum Gasteiger partial charge on any atom is 0.129 e. The lowest BCUT2D eigenvalue weighted by atomic mass is 9.87. The van der Waals surface area contributed by atoms with Crippen LogP contribution in [0.15, 0.2) is 6.07 Å². The van der Waals surface area contributed by atoms with Crippen LogP contribution in [0.5, 0.6) is 0 Å². The molecule has 0 spiro atoms. The SMILES string of the molecule is CCc1cc(NCC2CCC(O)CC2)nc(C)n1. The highest BCUT2D eigenvalue weighted by Crippen LogP contribution is 2.24. The molecule has 1 aromatic heterocycles. The van der Waals surface area contributed by atoms with Crippen molar-refractivity contribution in [3.8, 4) is 0 Å². The van der Waals surface area contributed by atoms with Crippen LogP contribution < -0.4 is 5.32 Å². The van der Waals surface area contributed by atoms with Gasteiger partial charge in [-0.3, -0.25) is 0 Å². The summed E-state index contributed by atoms with van der Waals surface area (Å²) in [6.07, 6.45) is 4.96. The average Bonchev–Trinajstić information content (AvgIpc) is 2.37. The Morgan fingerprint density at radius 3 is 2.67 bits per heavy atom. The third kappa shape index (κ3) is 3.67. The predicted octanol–water partition coefficient (Wildman–Crippen LogP) is 2.31. The number of hydrogen-bond acceptors (Lipinski definition) is 4. The quantitative estimate of drug-likeness (QED) is 0.859. The molecule has 2 rings (SSSR count). The standard InChI is InChI=1S/C14H23N3O/c1-3-12-8-14(17-10(2)16-12)15-9-11-4-6-13(18)7-5-11/h8,11,13,18H,3-7,9H2,1-2H3,(H,15,16,17). The molecule has 1 heterocycles. The summed E-state index contributed by atoms with van der Waals surface area (Å²) in [6, 6.07) is 2.03. The molecule has 0 unspecified atom stereocenters. The number of nitrogens with one attached hydrogen (secondary N) is 1. The number of hydrogen-bond donors (Lipinski definition) is 2. The molecular weight excluding hydrogens is 226 g/mol. The number of anilines is 1. The van der Waals surface area contributed by atoms with Crippen LogP contribution in [0.3, 0.4) is 0 Å². The predicted molar refractivity (Wildman–Crippen MR) is 72.6 cm³/mol. The molecular formula is C14H23N3O. The minimum atomic E-state index is -0.0748. The van der Waals surface area contributed by atoms with Crippen molar-refractivity contribution in [1.82, 2.24) is 9.97 Å². The first-order valence-electron chi connectivity index (χ1n) is 6.94. The van der Waals surface area contributed by atoms with Gasteiger partial charge in [0.15, 0.2) is 0 Å². The number of aromatic nitrogens is 2. The molecule has 4 heteroatoms. The maximum atomic E-state index is 9.48. The van der Waals surface area contributed by atoms with Crippen LogP contribution in [-0.2, 0) is 6.42 Å². The summed E-state index contributed by atoms with van der Waals surface area (Å²) < 4.78 is 0. The fourth-order valence-electron chi connectivity index (χ4n) is 2.50. The number of aliphatic hydroxyl groups is 1. The summed E-state index contributed by atoms with van der Waals surface area (Å²) in [7, 11) is 0. The first-order valence-corrected chi connectivity index (χ1v) is 6.94. The van der Waals surface area contributed by atoms with Gasteiger partial charge in [-0.2, -0.15) is 0 Å². The molecule has 0 amide bonds. The van der Waals surface area contributed by atoms with E-state index in [9.17, 15) is 5.11 Å². The largest absolute Gasteiger partial charge is 0.393 e. The van der Waals surface area contributed by atoms with Crippen LogP contribution in [0.1, 0.15) is 44.1 Å². The fraction of sp³-hybridized carbons (Fsp3) is 0.714. The molecule has 2 N–H and O–H groups in total. The topological polar surface area (TPSA) is 58.0 Å². The molecule has 1 aliphatic rings. The zero-order valence-electron chi connectivity index (χ0n) is 11.3. The highest BCUT2D eigenvalue weighted by atomic mass is 16.3. The van der Waals surface area contributed by atoms with E-state index in [1.807, 2.05) is 13.0 Å². The van der Waals surface area contributed by atoms with Crippen LogP contribution in [-0.4, -0.2) is 27.7 Å². The monoisotopic (exact) mass is 249 g/mol. The Balaban J connectivity index is 1.88. The van der Waals surface area contributed by atoms with Gasteiger partial charge in [-0.15, -0.1) is 0 Å². The third-order valence-electron chi connectivity index (χ3n) is 3.64. The normalized spacial score (nSPS) is 23.9. The van der Waals surface area contributed by atoms with E-state index in [1.54, 1.807) is 0 Å². The van der Waals surface area contributed by atoms with Gasteiger partial charge >= 0.3 is 0 Å². The van der Waals surface area contributed by atoms with E-state index in [1.165, 1.54) is 0 Å². The van der Waals surface area contributed by atoms with E-state index >= 15 is 0 Å². The van der Waals surface area contributed by atoms with Gasteiger partial charge in [0.05, 0.1) is 6.10 Å². The highest BCUT2D eigenvalue weighted by Gasteiger charge is 2.19. The summed E-state index contributed by atoms with van der Waals surface area (Å²) in [5, 5.41) is 12.9. The smallest absolute Gasteiger partial charge is 0.129 e. The molecule has 1 fully saturated rings. The minimum Gasteiger partial charge on any atom is -0.393 e. The fourth-order valence-corrected chi connectivity index (χ4v) is 2.50. The molecule has 18 heavy (non-hydrogen) atoms. The molecule has 0 bridgehead atoms. The molecule has 0 saturated heterocycles. The second-order valence-corrected chi connectivity index (χ2v) is 5.20. The van der Waals surface area contributed by atoms with Crippen LogP contribution >= 0.6 is 0 Å². The lowest BCUT2D eigenvalue weighted by Crippen LogP contribution is -2.24. The summed E-state index contributed by atoms with van der Waals surface area (Å²) in [6.45, 7) is 4.99. The Kier molecular flexibility index (Phi) is 4.53. The highest BCUT2D eigenvalue weighted by molar-refractivity contribution is 5.36. The van der Waals surface area contributed by atoms with Crippen LogP contribution in [0.4, 0.5) is 5.82 Å². The Bertz CT molecular complexity index is 387. The van der Waals surface area contributed by atoms with Crippen molar-refractivity contribution in [3.63, 3.8) is 0 Å². The van der Waals surface area contributed by atoms with Crippen molar-refractivity contribution in [1.29, 1.82) is 0 Å². The van der Waals surface area contributed by atoms with Crippen molar-refractivity contribution < 1.29 is 5.11 Å². The van der Waals surface area contributed by atoms with E-state index in [2.05, 4.69) is 22.2 Å². The van der Waals surface area contributed by atoms with E-state index in [-0.39, 0.29) is 6.10 Å². The Morgan fingerprint density at radius 1 is 1.28 bits per heavy atom. The lowest BCUT2D eigenvalue weighted by molar-refractivity contribution is 0.111. The minimum absolute atomic E-state index is 0.0748. The van der Waals surface area contributed by atoms with Crippen LogP contribution in [0, 0.1) is 12.8 Å². The third-order valence-corrected chi connectivity index (χ3v) is 3.64. The van der Waals surface area contributed by atoms with Gasteiger partial charge in [-0.25, -0.2) is 9.97 Å². The van der Waals surface area contributed by atoms with Crippen molar-refractivity contribution in [2.75, 3.05) is 11.9 Å². The van der Waals surface area contributed by atoms with Crippen LogP contribution in [0.2, 0.25) is 0 Å². The molecule has 1 aromatic rings. The molecule has 0 radical (unpaired) electrons. The van der Waals surface area contributed by atoms with Crippen molar-refractivity contribution >= 4 is 5.82 Å². The number of nitrogens with zero attached hydrogens (tertiary/aromatic N) is 2. The molecule has 4 nitrogen and oxygen atoms in total. The number of aliphatic hydroxyl groups excluding tert-OH is 1. The van der Waals surface area contributed by atoms with Gasteiger partial charge in [0.2, 0.25) is 0 Å². The number of aryl methyl sites for hydroxylation is 2. The second-order valence-electron chi connectivity index (χ2n) is 5.20. The molecule has 1 saturated carbocycles. The van der Waals surface area contributed by atoms with Gasteiger partial charge < -0.3 is 10.4 Å². The zero-order valence-corrected chi connectivity index (χ0v) is 11.3. The van der Waals surface area contributed by atoms with Gasteiger partial charge in [-0.05, 0) is 44.9 Å². The summed E-state index contributed by atoms with van der Waals surface area (Å²) >= 11 is 0. The molecule has 1 aliphatic carbocycles. The van der Waals surface area contributed by atoms with Crippen LogP contribution in [0.25, 0.3) is 0 Å². The summed E-state index contributed by atoms with van der Waals surface area (Å²) in [5.41, 5.74) is 1.09. The Morgan fingerprint density at radius 2 is 2.00 bits per heavy atom. The summed E-state index contributed by atoms with van der Waals surface area (Å²) in [5.74, 6) is 2.43. The first kappa shape index (κ1) is 13.3. The lowest BCUT2D eigenvalue weighted by Gasteiger charge is -2.25. The van der Waals surface area contributed by atoms with E-state index in [4.69, 9.17) is 0 Å². The number of rotatable bonds is 4. The maximum absolute atomic E-state index is 9.48. The van der Waals surface area contributed by atoms with Gasteiger partial charge in [0.1, 0.15) is 11.6 Å². The van der Waals surface area contributed by atoms with Crippen molar-refractivity contribution in [2.45, 2.75) is 52.1 Å².